The smallest absolute Gasteiger partial charge is 0.326 e. The highest BCUT2D eigenvalue weighted by Crippen LogP contribution is 2.24. The monoisotopic (exact) mass is 1290 g/mol. The summed E-state index contributed by atoms with van der Waals surface area (Å²) < 4.78 is 0. The van der Waals surface area contributed by atoms with E-state index in [1.807, 2.05) is 0 Å². The molecule has 91 heavy (non-hydrogen) atoms. The number of carboxylic acids is 1. The molecule has 3 fully saturated rings. The van der Waals surface area contributed by atoms with Gasteiger partial charge in [-0.15, -0.1) is 0 Å². The molecule has 3 aliphatic heterocycles. The van der Waals surface area contributed by atoms with E-state index in [1.54, 1.807) is 50.4 Å². The topological polar surface area (TPSA) is 469 Å². The fourth-order valence-electron chi connectivity index (χ4n) is 11.3. The summed E-state index contributed by atoms with van der Waals surface area (Å²) >= 11 is 1.37. The van der Waals surface area contributed by atoms with Crippen LogP contribution in [0.15, 0.2) is 55.4 Å². The van der Waals surface area contributed by atoms with E-state index in [9.17, 15) is 72.9 Å². The number of rotatable bonds is 33. The normalized spacial score (nSPS) is 20.0. The van der Waals surface area contributed by atoms with E-state index in [0.717, 1.165) is 4.90 Å². The molecule has 3 aliphatic rings. The van der Waals surface area contributed by atoms with Crippen LogP contribution in [0.3, 0.4) is 0 Å². The van der Waals surface area contributed by atoms with Crippen LogP contribution in [0.2, 0.25) is 0 Å². The first-order valence-electron chi connectivity index (χ1n) is 30.5. The van der Waals surface area contributed by atoms with Gasteiger partial charge in [0, 0.05) is 62.7 Å². The van der Waals surface area contributed by atoms with Crippen LogP contribution in [0, 0.1) is 5.92 Å². The number of aromatic nitrogens is 4. The average molecular weight is 1290 g/mol. The molecular weight excluding hydrogens is 1200 g/mol. The summed E-state index contributed by atoms with van der Waals surface area (Å²) in [5.74, 6) is -10.7. The lowest BCUT2D eigenvalue weighted by molar-refractivity contribution is -0.145. The number of H-pyrrole nitrogens is 2. The van der Waals surface area contributed by atoms with Crippen LogP contribution in [0.25, 0.3) is 0 Å². The Morgan fingerprint density at radius 1 is 0.593 bits per heavy atom. The highest BCUT2D eigenvalue weighted by atomic mass is 32.2. The van der Waals surface area contributed by atoms with Crippen LogP contribution in [0.1, 0.15) is 102 Å². The van der Waals surface area contributed by atoms with Gasteiger partial charge in [-0.25, -0.2) is 14.8 Å². The molecule has 5 heterocycles. The van der Waals surface area contributed by atoms with Gasteiger partial charge in [-0.05, 0) is 82.3 Å². The van der Waals surface area contributed by atoms with Crippen LogP contribution < -0.4 is 48.7 Å². The Hall–Kier alpha value is -8.49. The summed E-state index contributed by atoms with van der Waals surface area (Å²) in [4.78, 5) is 183. The number of likely N-dealkylation sites (tertiary alicyclic amines) is 3. The minimum atomic E-state index is -1.70. The molecule has 31 nitrogen and oxygen atoms in total. The van der Waals surface area contributed by atoms with Gasteiger partial charge in [0.25, 0.3) is 0 Å². The van der Waals surface area contributed by atoms with Gasteiger partial charge in [0.1, 0.15) is 60.4 Å². The number of aliphatic hydroxyl groups excluding tert-OH is 2. The number of carbonyl (C=O) groups is 12. The van der Waals surface area contributed by atoms with Crippen LogP contribution in [0.5, 0.6) is 0 Å². The number of imidazole rings is 2. The number of nitrogens with zero attached hydrogens (tertiary/aromatic N) is 5. The molecule has 32 heteroatoms. The zero-order valence-corrected chi connectivity index (χ0v) is 52.4. The van der Waals surface area contributed by atoms with E-state index in [4.69, 9.17) is 11.5 Å². The molecule has 6 rings (SSSR count). The van der Waals surface area contributed by atoms with E-state index < -0.39 is 162 Å². The van der Waals surface area contributed by atoms with Crippen LogP contribution in [-0.2, 0) is 76.8 Å². The fraction of sp³-hybridized carbons (Fsp3) is 0.593. The van der Waals surface area contributed by atoms with Crippen molar-refractivity contribution in [1.82, 2.24) is 71.9 Å². The third kappa shape index (κ3) is 19.8. The van der Waals surface area contributed by atoms with Crippen LogP contribution in [0.4, 0.5) is 0 Å². The maximum absolute atomic E-state index is 14.6. The van der Waals surface area contributed by atoms with Gasteiger partial charge in [-0.1, -0.05) is 50.6 Å². The van der Waals surface area contributed by atoms with Gasteiger partial charge < -0.3 is 88.7 Å². The molecule has 0 spiro atoms. The number of amides is 11. The van der Waals surface area contributed by atoms with E-state index in [-0.39, 0.29) is 64.6 Å². The number of thioether (sulfide) groups is 1. The first-order valence-corrected chi connectivity index (χ1v) is 31.9. The van der Waals surface area contributed by atoms with Crippen LogP contribution in [-0.4, -0.2) is 231 Å². The molecule has 3 aromatic rings. The second-order valence-electron chi connectivity index (χ2n) is 23.3. The second kappa shape index (κ2) is 34.1. The lowest BCUT2D eigenvalue weighted by Crippen LogP contribution is -2.63. The largest absolute Gasteiger partial charge is 0.480 e. The Kier molecular flexibility index (Phi) is 26.8. The SMILES string of the molecule is CC[C@H](C)[C@H](NC(=O)[C@@H]1CCCN1C(=O)[C@@H](NC(=O)[C@@H](NC(=O)[C@@H]1CCCN1C(=O)[C@@H](N)Cc1cnc[nH]1)[C@@H](C)O)[C@@H](C)O)C(=O)N[C@@H](Cc1cnc[nH]1)C(=O)N[C@@H](CCSC)C(=O)N1CCC[C@H]1C(=O)N[C@@H](CC(N)=O)C(=O)N[C@@H](Cc1ccccc1)C(=O)O. The van der Waals surface area contributed by atoms with Crippen molar-refractivity contribution in [3.05, 3.63) is 72.3 Å². The quantitative estimate of drug-likeness (QED) is 0.0280. The Morgan fingerprint density at radius 3 is 1.58 bits per heavy atom. The van der Waals surface area contributed by atoms with Gasteiger partial charge in [0.15, 0.2) is 0 Å². The molecule has 2 aromatic heterocycles. The summed E-state index contributed by atoms with van der Waals surface area (Å²) in [5.41, 5.74) is 13.3. The van der Waals surface area contributed by atoms with E-state index in [1.165, 1.54) is 60.5 Å². The molecule has 0 radical (unpaired) electrons. The molecule has 14 atom stereocenters. The number of nitrogens with two attached hydrogens (primary N) is 2. The van der Waals surface area contributed by atoms with Crippen molar-refractivity contribution in [2.75, 3.05) is 31.6 Å². The Bertz CT molecular complexity index is 3010. The minimum absolute atomic E-state index is 0.00988. The third-order valence-corrected chi connectivity index (χ3v) is 17.1. The van der Waals surface area contributed by atoms with Crippen LogP contribution >= 0.6 is 11.8 Å². The molecule has 0 bridgehead atoms. The van der Waals surface area contributed by atoms with Crippen molar-refractivity contribution < 1.29 is 72.9 Å². The maximum atomic E-state index is 14.6. The number of aromatic amines is 2. The number of benzene rings is 1. The number of carboxylic acid groups (broad SMARTS) is 1. The van der Waals surface area contributed by atoms with Gasteiger partial charge in [0.05, 0.1) is 37.3 Å². The Balaban J connectivity index is 1.12. The fourth-order valence-corrected chi connectivity index (χ4v) is 11.8. The summed E-state index contributed by atoms with van der Waals surface area (Å²) in [6.07, 6.45) is 5.42. The number of primary amides is 1. The van der Waals surface area contributed by atoms with Crippen molar-refractivity contribution in [3.8, 4) is 0 Å². The predicted molar refractivity (Wildman–Crippen MR) is 328 cm³/mol. The zero-order chi connectivity index (χ0) is 66.6. The van der Waals surface area contributed by atoms with Crippen molar-refractivity contribution in [1.29, 1.82) is 0 Å². The molecule has 1 aromatic carbocycles. The van der Waals surface area contributed by atoms with Crippen molar-refractivity contribution in [2.45, 2.75) is 183 Å². The van der Waals surface area contributed by atoms with E-state index in [2.05, 4.69) is 57.2 Å². The first kappa shape index (κ1) is 71.6. The number of carbonyl (C=O) groups excluding carboxylic acids is 11. The van der Waals surface area contributed by atoms with Gasteiger partial charge in [-0.3, -0.25) is 52.7 Å². The average Bonchev–Trinajstić information content (AvgIpc) is 2.17. The van der Waals surface area contributed by atoms with Gasteiger partial charge in [-0.2, -0.15) is 11.8 Å². The molecule has 0 aliphatic carbocycles. The number of nitrogens with one attached hydrogen (secondary N) is 9. The Labute approximate surface area is 530 Å². The molecule has 498 valence electrons. The summed E-state index contributed by atoms with van der Waals surface area (Å²) in [6.45, 7) is 6.16. The number of aliphatic carboxylic acids is 1. The number of hydrogen-bond donors (Lipinski definition) is 14. The molecule has 11 amide bonds. The van der Waals surface area contributed by atoms with Gasteiger partial charge >= 0.3 is 5.97 Å². The van der Waals surface area contributed by atoms with Crippen molar-refractivity contribution >= 4 is 82.7 Å². The number of hydrogen-bond acceptors (Lipinski definition) is 18. The molecular formula is C59H86N16O15S. The first-order chi connectivity index (χ1) is 43.3. The van der Waals surface area contributed by atoms with E-state index >= 15 is 0 Å². The second-order valence-corrected chi connectivity index (χ2v) is 24.3. The van der Waals surface area contributed by atoms with E-state index in [0.29, 0.717) is 48.4 Å². The molecule has 3 saturated heterocycles. The molecule has 0 unspecified atom stereocenters. The standard InChI is InChI=1S/C59H86N16O15S/c1-6-31(2)46(70-52(82)44-17-12-21-75(44)58(88)48(33(4)77)72-55(85)47(32(3)76)71-53(83)43-16-10-19-73(43)56(86)37(60)24-35-27-62-29-64-35)54(84)68-39(25-36-28-63-30-65-36)49(79)66-38(18-22-91-5)57(87)74-20-11-15-42(74)51(81)67-40(26-45(61)78)50(80)69-41(59(89)90)23-34-13-8-7-9-14-34/h7-9,13-14,27-33,37-44,46-48,76-77H,6,10-12,15-26,60H2,1-5H3,(H2,61,78)(H,62,64)(H,63,65)(H,66,79)(H,67,81)(H,68,84)(H,69,80)(H,70,82)(H,71,83)(H,72,85)(H,89,90)/t31-,32+,33+,37-,38-,39-,40-,41-,42-,43-,44-,46-,47-,48-/m0/s1. The predicted octanol–water partition coefficient (Wildman–Crippen LogP) is -3.62. The Morgan fingerprint density at radius 2 is 1.08 bits per heavy atom. The highest BCUT2D eigenvalue weighted by molar-refractivity contribution is 7.98. The lowest BCUT2D eigenvalue weighted by atomic mass is 9.96. The van der Waals surface area contributed by atoms with Gasteiger partial charge in [0.2, 0.25) is 65.0 Å². The van der Waals surface area contributed by atoms with Crippen molar-refractivity contribution in [3.63, 3.8) is 0 Å². The lowest BCUT2D eigenvalue weighted by Gasteiger charge is -2.33. The number of aliphatic hydroxyl groups is 2. The summed E-state index contributed by atoms with van der Waals surface area (Å²) in [6, 6.07) is -6.50. The third-order valence-electron chi connectivity index (χ3n) is 16.5. The summed E-state index contributed by atoms with van der Waals surface area (Å²) in [7, 11) is 0. The summed E-state index contributed by atoms with van der Waals surface area (Å²) in [5, 5.41) is 49.8. The maximum Gasteiger partial charge on any atom is 0.326 e. The highest BCUT2D eigenvalue weighted by Gasteiger charge is 2.45. The zero-order valence-electron chi connectivity index (χ0n) is 51.6. The molecule has 0 saturated carbocycles. The van der Waals surface area contributed by atoms with Crippen molar-refractivity contribution in [2.24, 2.45) is 17.4 Å². The molecule has 16 N–H and O–H groups in total. The minimum Gasteiger partial charge on any atom is -0.480 e.